The Bertz CT molecular complexity index is 3210. The lowest BCUT2D eigenvalue weighted by Gasteiger charge is -2.27. The number of hydrogen-bond acceptors (Lipinski definition) is 11. The van der Waals surface area contributed by atoms with E-state index in [1.165, 1.54) is 47.9 Å². The summed E-state index contributed by atoms with van der Waals surface area (Å²) in [5.41, 5.74) is -1.95. The lowest BCUT2D eigenvalue weighted by atomic mass is 9.81. The predicted octanol–water partition coefficient (Wildman–Crippen LogP) is 10.5. The minimum absolute atomic E-state index is 0.00993. The molecule has 0 radical (unpaired) electrons. The first-order valence-corrected chi connectivity index (χ1v) is 21.5. The zero-order valence-corrected chi connectivity index (χ0v) is 38.2. The first kappa shape index (κ1) is 46.2. The summed E-state index contributed by atoms with van der Waals surface area (Å²) in [4.78, 5) is 79.9. The van der Waals surface area contributed by atoms with Crippen LogP contribution in [0.25, 0.3) is 27.2 Å². The van der Waals surface area contributed by atoms with Crippen LogP contribution in [0.2, 0.25) is 0 Å². The van der Waals surface area contributed by atoms with E-state index in [2.05, 4.69) is 33.9 Å². The van der Waals surface area contributed by atoms with Gasteiger partial charge in [-0.15, -0.1) is 0 Å². The third kappa shape index (κ3) is 8.84. The molecule has 0 saturated carbocycles. The van der Waals surface area contributed by atoms with E-state index >= 15 is 0 Å². The molecule has 0 amide bonds. The van der Waals surface area contributed by atoms with Crippen LogP contribution in [0.4, 0.5) is 0 Å². The van der Waals surface area contributed by atoms with E-state index < -0.39 is 39.7 Å². The first-order valence-electron chi connectivity index (χ1n) is 21.5. The number of hydrogen-bond donors (Lipinski definition) is 0. The average Bonchev–Trinajstić information content (AvgIpc) is 3.70. The molecule has 5 aromatic carbocycles. The molecule has 0 N–H and O–H groups in total. The van der Waals surface area contributed by atoms with E-state index in [1.807, 2.05) is 26.8 Å². The minimum Gasteiger partial charge on any atom is -0.457 e. The Balaban J connectivity index is 1.30. The van der Waals surface area contributed by atoms with E-state index in [9.17, 15) is 28.8 Å². The predicted molar refractivity (Wildman–Crippen MR) is 254 cm³/mol. The van der Waals surface area contributed by atoms with Gasteiger partial charge in [-0.25, -0.2) is 14.2 Å². The molecule has 0 fully saturated rings. The second kappa shape index (κ2) is 18.0. The van der Waals surface area contributed by atoms with Crippen molar-refractivity contribution in [3.63, 3.8) is 0 Å². The second-order valence-corrected chi connectivity index (χ2v) is 17.2. The molecule has 0 bridgehead atoms. The monoisotopic (exact) mass is 890 g/mol. The summed E-state index contributed by atoms with van der Waals surface area (Å²) >= 11 is 0. The Kier molecular flexibility index (Phi) is 12.6. The van der Waals surface area contributed by atoms with Gasteiger partial charge in [0, 0.05) is 34.4 Å². The van der Waals surface area contributed by atoms with Crippen molar-refractivity contribution in [3.05, 3.63) is 168 Å². The Hall–Kier alpha value is -7.80. The van der Waals surface area contributed by atoms with E-state index in [1.54, 1.807) is 61.5 Å². The molecule has 0 saturated heterocycles. The van der Waals surface area contributed by atoms with Crippen LogP contribution in [-0.4, -0.2) is 21.1 Å². The summed E-state index contributed by atoms with van der Waals surface area (Å²) < 4.78 is 32.2. The lowest BCUT2D eigenvalue weighted by Crippen LogP contribution is -2.42. The van der Waals surface area contributed by atoms with Crippen molar-refractivity contribution in [2.24, 2.45) is 0 Å². The molecule has 0 unspecified atom stereocenters. The van der Waals surface area contributed by atoms with Crippen molar-refractivity contribution >= 4 is 33.5 Å². The summed E-state index contributed by atoms with van der Waals surface area (Å²) in [5.74, 6) is 1.34. The number of ether oxygens (including phenoxy) is 5. The number of aromatic nitrogens is 2. The molecule has 0 aliphatic heterocycles. The van der Waals surface area contributed by atoms with Gasteiger partial charge in [-0.05, 0) is 124 Å². The van der Waals surface area contributed by atoms with Gasteiger partial charge in [0.25, 0.3) is 22.2 Å². The fourth-order valence-corrected chi connectivity index (χ4v) is 7.39. The zero-order valence-electron chi connectivity index (χ0n) is 38.2. The number of carbonyl (C=O) groups excluding carboxylic acids is 2. The van der Waals surface area contributed by atoms with Gasteiger partial charge in [-0.2, -0.15) is 0 Å². The molecular weight excluding hydrogens is 841 g/mol. The highest BCUT2D eigenvalue weighted by molar-refractivity contribution is 5.98. The van der Waals surface area contributed by atoms with Gasteiger partial charge >= 0.3 is 11.9 Å². The van der Waals surface area contributed by atoms with Gasteiger partial charge in [0.1, 0.15) is 34.5 Å². The smallest absolute Gasteiger partial charge is 0.338 e. The van der Waals surface area contributed by atoms with Crippen LogP contribution in [0.15, 0.2) is 141 Å². The van der Waals surface area contributed by atoms with E-state index in [-0.39, 0.29) is 61.0 Å². The van der Waals surface area contributed by atoms with Crippen molar-refractivity contribution in [2.45, 2.75) is 85.6 Å². The van der Waals surface area contributed by atoms with Gasteiger partial charge in [-0.1, -0.05) is 53.8 Å². The summed E-state index contributed by atoms with van der Waals surface area (Å²) in [6.07, 6.45) is 1.84. The van der Waals surface area contributed by atoms with Gasteiger partial charge in [0.15, 0.2) is 11.5 Å². The second-order valence-electron chi connectivity index (χ2n) is 17.2. The Morgan fingerprint density at radius 3 is 1.38 bits per heavy atom. The van der Waals surface area contributed by atoms with E-state index in [4.69, 9.17) is 23.7 Å². The molecule has 0 spiro atoms. The number of nitrogens with zero attached hydrogens (tertiary/aromatic N) is 2. The third-order valence-corrected chi connectivity index (χ3v) is 12.2. The molecule has 66 heavy (non-hydrogen) atoms. The van der Waals surface area contributed by atoms with E-state index in [0.717, 1.165) is 16.6 Å². The molecule has 13 nitrogen and oxygen atoms in total. The van der Waals surface area contributed by atoms with Crippen LogP contribution in [0.3, 0.4) is 0 Å². The Morgan fingerprint density at radius 1 is 0.500 bits per heavy atom. The molecule has 0 aliphatic carbocycles. The molecule has 7 rings (SSSR count). The highest BCUT2D eigenvalue weighted by Gasteiger charge is 2.30. The summed E-state index contributed by atoms with van der Waals surface area (Å²) in [7, 11) is 0. The number of carbonyl (C=O) groups is 2. The van der Waals surface area contributed by atoms with Crippen molar-refractivity contribution in [1.29, 1.82) is 0 Å². The molecule has 0 atom stereocenters. The maximum absolute atomic E-state index is 14.2. The minimum atomic E-state index is -0.744. The van der Waals surface area contributed by atoms with Gasteiger partial charge in [0.05, 0.1) is 27.2 Å². The lowest BCUT2D eigenvalue weighted by molar-refractivity contribution is -0.130. The highest BCUT2D eigenvalue weighted by Crippen LogP contribution is 2.42. The fraction of sp³-hybridized carbons (Fsp3) is 0.245. The van der Waals surface area contributed by atoms with Crippen LogP contribution >= 0.6 is 0 Å². The van der Waals surface area contributed by atoms with Crippen molar-refractivity contribution < 1.29 is 33.3 Å². The SMILES string of the molecule is C=C(C)C(=O)Oc1ccc(Oc2cc(-n3c(=O)c4cc5c(=O)n(C(C)(CC)CC)c(=O)c5cc4c3=O)ccc2Oc2ccc(C(C)(C)CC)c(Oc3ccc(OC(=O)C(=C)C)cc3)c2)cc1. The molecule has 0 aliphatic rings. The molecule has 338 valence electrons. The highest BCUT2D eigenvalue weighted by atomic mass is 16.5. The molecular formula is C53H50N2O11. The number of benzene rings is 5. The van der Waals surface area contributed by atoms with Gasteiger partial charge in [-0.3, -0.25) is 23.7 Å². The third-order valence-electron chi connectivity index (χ3n) is 12.2. The molecule has 2 aromatic heterocycles. The maximum atomic E-state index is 14.2. The van der Waals surface area contributed by atoms with Gasteiger partial charge in [0.2, 0.25) is 0 Å². The standard InChI is InChI=1S/C53H50N2O11/c1-11-52(8,9)42-24-23-37(27-44(42)62-33-15-19-35(20-16-33)65-50(60)30(4)5)64-43-25-14-32(26-45(43)63-34-17-21-36(22-18-34)66-51(61)31(6)7)54-46(56)38-28-40-41(29-39(38)47(54)57)49(59)55(48(40)58)53(10,12-2)13-3/h14-29H,4,6,11-13H2,1-3,5,7-10H3. The number of fused-ring (bicyclic) bond motifs is 2. The quantitative estimate of drug-likeness (QED) is 0.0516. The van der Waals surface area contributed by atoms with Crippen LogP contribution in [0.5, 0.6) is 46.0 Å². The van der Waals surface area contributed by atoms with Crippen molar-refractivity contribution in [3.8, 4) is 51.7 Å². The maximum Gasteiger partial charge on any atom is 0.338 e. The van der Waals surface area contributed by atoms with Crippen molar-refractivity contribution in [2.75, 3.05) is 0 Å². The van der Waals surface area contributed by atoms with Crippen molar-refractivity contribution in [1.82, 2.24) is 9.13 Å². The number of esters is 2. The zero-order chi connectivity index (χ0) is 47.8. The van der Waals surface area contributed by atoms with E-state index in [0.29, 0.717) is 41.6 Å². The van der Waals surface area contributed by atoms with Crippen LogP contribution in [-0.2, 0) is 20.5 Å². The largest absolute Gasteiger partial charge is 0.457 e. The van der Waals surface area contributed by atoms with Crippen LogP contribution in [0, 0.1) is 0 Å². The Labute approximate surface area is 380 Å². The van der Waals surface area contributed by atoms with Gasteiger partial charge < -0.3 is 23.7 Å². The summed E-state index contributed by atoms with van der Waals surface area (Å²) in [6, 6.07) is 25.5. The Morgan fingerprint density at radius 2 is 0.924 bits per heavy atom. The summed E-state index contributed by atoms with van der Waals surface area (Å²) in [5, 5.41) is 0.115. The molecule has 7 aromatic rings. The first-order chi connectivity index (χ1) is 31.3. The molecule has 2 heterocycles. The number of rotatable bonds is 16. The molecule has 13 heteroatoms. The normalized spacial score (nSPS) is 11.7. The van der Waals surface area contributed by atoms with Crippen LogP contribution < -0.4 is 45.9 Å². The topological polar surface area (TPSA) is 158 Å². The van der Waals surface area contributed by atoms with Crippen LogP contribution in [0.1, 0.15) is 80.2 Å². The average molecular weight is 891 g/mol. The fourth-order valence-electron chi connectivity index (χ4n) is 7.39. The summed E-state index contributed by atoms with van der Waals surface area (Å²) in [6.45, 7) is 22.2.